The SMILES string of the molecule is CCCCOCCOCCNC(=NC)NCc1cccc(COCc2ccccc2)c1. The molecule has 0 fully saturated rings. The first-order valence-corrected chi connectivity index (χ1v) is 11.1. The molecule has 2 rings (SSSR count). The minimum Gasteiger partial charge on any atom is -0.379 e. The fraction of sp³-hybridized carbons (Fsp3) is 0.480. The predicted molar refractivity (Wildman–Crippen MR) is 126 cm³/mol. The molecule has 0 amide bonds. The highest BCUT2D eigenvalue weighted by Gasteiger charge is 2.01. The summed E-state index contributed by atoms with van der Waals surface area (Å²) < 4.78 is 16.9. The van der Waals surface area contributed by atoms with Gasteiger partial charge in [0.2, 0.25) is 0 Å². The number of hydrogen-bond donors (Lipinski definition) is 2. The Kier molecular flexibility index (Phi) is 13.1. The number of benzene rings is 2. The van der Waals surface area contributed by atoms with E-state index in [0.29, 0.717) is 46.1 Å². The van der Waals surface area contributed by atoms with Gasteiger partial charge in [-0.05, 0) is 23.1 Å². The van der Waals surface area contributed by atoms with Gasteiger partial charge in [0, 0.05) is 26.7 Å². The van der Waals surface area contributed by atoms with Crippen molar-refractivity contribution in [2.45, 2.75) is 39.5 Å². The first-order valence-electron chi connectivity index (χ1n) is 11.1. The van der Waals surface area contributed by atoms with E-state index in [-0.39, 0.29) is 0 Å². The lowest BCUT2D eigenvalue weighted by Gasteiger charge is -2.13. The van der Waals surface area contributed by atoms with Crippen LogP contribution in [-0.4, -0.2) is 46.0 Å². The van der Waals surface area contributed by atoms with Gasteiger partial charge in [-0.2, -0.15) is 0 Å². The summed E-state index contributed by atoms with van der Waals surface area (Å²) in [4.78, 5) is 4.27. The third-order valence-electron chi connectivity index (χ3n) is 4.61. The van der Waals surface area contributed by atoms with Crippen LogP contribution in [-0.2, 0) is 34.0 Å². The summed E-state index contributed by atoms with van der Waals surface area (Å²) in [5, 5.41) is 6.60. The molecule has 6 heteroatoms. The molecule has 0 aliphatic heterocycles. The lowest BCUT2D eigenvalue weighted by Crippen LogP contribution is -2.38. The normalized spacial score (nSPS) is 11.5. The van der Waals surface area contributed by atoms with Gasteiger partial charge in [-0.3, -0.25) is 4.99 Å². The van der Waals surface area contributed by atoms with Gasteiger partial charge in [-0.1, -0.05) is 67.9 Å². The maximum Gasteiger partial charge on any atom is 0.191 e. The Morgan fingerprint density at radius 2 is 1.48 bits per heavy atom. The van der Waals surface area contributed by atoms with Gasteiger partial charge in [-0.15, -0.1) is 0 Å². The molecular formula is C25H37N3O3. The van der Waals surface area contributed by atoms with E-state index < -0.39 is 0 Å². The molecular weight excluding hydrogens is 390 g/mol. The largest absolute Gasteiger partial charge is 0.379 e. The second kappa shape index (κ2) is 16.3. The summed E-state index contributed by atoms with van der Waals surface area (Å²) in [5.41, 5.74) is 3.53. The van der Waals surface area contributed by atoms with Crippen LogP contribution in [0.3, 0.4) is 0 Å². The second-order valence-corrected chi connectivity index (χ2v) is 7.23. The Morgan fingerprint density at radius 3 is 2.26 bits per heavy atom. The minimum absolute atomic E-state index is 0.592. The molecule has 0 saturated heterocycles. The van der Waals surface area contributed by atoms with E-state index in [1.807, 2.05) is 18.2 Å². The molecule has 0 spiro atoms. The summed E-state index contributed by atoms with van der Waals surface area (Å²) in [6, 6.07) is 18.6. The third kappa shape index (κ3) is 11.5. The van der Waals surface area contributed by atoms with Crippen molar-refractivity contribution in [1.82, 2.24) is 10.6 Å². The van der Waals surface area contributed by atoms with Crippen LogP contribution in [0.1, 0.15) is 36.5 Å². The molecule has 2 aromatic rings. The van der Waals surface area contributed by atoms with E-state index in [9.17, 15) is 0 Å². The lowest BCUT2D eigenvalue weighted by atomic mass is 10.1. The van der Waals surface area contributed by atoms with Gasteiger partial charge in [0.15, 0.2) is 5.96 Å². The molecule has 2 N–H and O–H groups in total. The van der Waals surface area contributed by atoms with Crippen molar-refractivity contribution >= 4 is 5.96 Å². The Labute approximate surface area is 187 Å². The van der Waals surface area contributed by atoms with Crippen molar-refractivity contribution in [1.29, 1.82) is 0 Å². The van der Waals surface area contributed by atoms with Crippen LogP contribution in [0.4, 0.5) is 0 Å². The minimum atomic E-state index is 0.592. The van der Waals surface area contributed by atoms with Crippen molar-refractivity contribution in [2.24, 2.45) is 4.99 Å². The number of aliphatic imine (C=N–C) groups is 1. The molecule has 0 radical (unpaired) electrons. The highest BCUT2D eigenvalue weighted by atomic mass is 16.5. The van der Waals surface area contributed by atoms with Gasteiger partial charge in [0.05, 0.1) is 33.0 Å². The van der Waals surface area contributed by atoms with Crippen LogP contribution in [0, 0.1) is 0 Å². The molecule has 6 nitrogen and oxygen atoms in total. The number of rotatable bonds is 15. The van der Waals surface area contributed by atoms with Gasteiger partial charge < -0.3 is 24.8 Å². The molecule has 31 heavy (non-hydrogen) atoms. The van der Waals surface area contributed by atoms with Gasteiger partial charge in [0.1, 0.15) is 0 Å². The van der Waals surface area contributed by atoms with Crippen LogP contribution >= 0.6 is 0 Å². The molecule has 2 aromatic carbocycles. The maximum atomic E-state index is 5.84. The maximum absolute atomic E-state index is 5.84. The van der Waals surface area contributed by atoms with E-state index in [1.165, 1.54) is 11.1 Å². The molecule has 0 bridgehead atoms. The first kappa shape index (κ1) is 24.9. The Hall–Kier alpha value is -2.41. The number of unbranched alkanes of at least 4 members (excludes halogenated alkanes) is 1. The average molecular weight is 428 g/mol. The monoisotopic (exact) mass is 427 g/mol. The number of ether oxygens (including phenoxy) is 3. The van der Waals surface area contributed by atoms with E-state index in [0.717, 1.165) is 31.0 Å². The fourth-order valence-electron chi connectivity index (χ4n) is 2.91. The van der Waals surface area contributed by atoms with Crippen molar-refractivity contribution < 1.29 is 14.2 Å². The van der Waals surface area contributed by atoms with E-state index >= 15 is 0 Å². The van der Waals surface area contributed by atoms with Crippen molar-refractivity contribution in [3.8, 4) is 0 Å². The Morgan fingerprint density at radius 1 is 0.774 bits per heavy atom. The third-order valence-corrected chi connectivity index (χ3v) is 4.61. The molecule has 170 valence electrons. The summed E-state index contributed by atoms with van der Waals surface area (Å²) >= 11 is 0. The van der Waals surface area contributed by atoms with Gasteiger partial charge in [-0.25, -0.2) is 0 Å². The average Bonchev–Trinajstić information content (AvgIpc) is 2.81. The summed E-state index contributed by atoms with van der Waals surface area (Å²) in [6.07, 6.45) is 2.26. The smallest absolute Gasteiger partial charge is 0.191 e. The zero-order valence-electron chi connectivity index (χ0n) is 18.9. The molecule has 0 aliphatic rings. The van der Waals surface area contributed by atoms with Crippen LogP contribution in [0.2, 0.25) is 0 Å². The van der Waals surface area contributed by atoms with Crippen LogP contribution in [0.25, 0.3) is 0 Å². The standard InChI is InChI=1S/C25H37N3O3/c1-3-4-14-29-16-17-30-15-13-27-25(26-2)28-19-23-11-8-12-24(18-23)21-31-20-22-9-6-5-7-10-22/h5-12,18H,3-4,13-17,19-21H2,1-2H3,(H2,26,27,28). The van der Waals surface area contributed by atoms with Crippen LogP contribution in [0.5, 0.6) is 0 Å². The Balaban J connectivity index is 1.60. The molecule has 0 aromatic heterocycles. The predicted octanol–water partition coefficient (Wildman–Crippen LogP) is 3.90. The highest BCUT2D eigenvalue weighted by molar-refractivity contribution is 5.79. The lowest BCUT2D eigenvalue weighted by molar-refractivity contribution is 0.0487. The highest BCUT2D eigenvalue weighted by Crippen LogP contribution is 2.09. The molecule has 0 heterocycles. The molecule has 0 aliphatic carbocycles. The number of nitrogens with one attached hydrogen (secondary N) is 2. The van der Waals surface area contributed by atoms with Crippen molar-refractivity contribution in [3.05, 3.63) is 71.3 Å². The molecule has 0 atom stereocenters. The first-order chi connectivity index (χ1) is 15.3. The fourth-order valence-corrected chi connectivity index (χ4v) is 2.91. The van der Waals surface area contributed by atoms with Crippen LogP contribution in [0.15, 0.2) is 59.6 Å². The summed E-state index contributed by atoms with van der Waals surface area (Å²) in [7, 11) is 1.77. The van der Waals surface area contributed by atoms with Gasteiger partial charge >= 0.3 is 0 Å². The number of hydrogen-bond acceptors (Lipinski definition) is 4. The van der Waals surface area contributed by atoms with E-state index in [2.05, 4.69) is 58.9 Å². The quantitative estimate of drug-likeness (QED) is 0.256. The van der Waals surface area contributed by atoms with E-state index in [4.69, 9.17) is 14.2 Å². The number of guanidine groups is 1. The summed E-state index contributed by atoms with van der Waals surface area (Å²) in [6.45, 7) is 7.46. The zero-order valence-corrected chi connectivity index (χ0v) is 18.9. The van der Waals surface area contributed by atoms with Crippen molar-refractivity contribution in [3.63, 3.8) is 0 Å². The van der Waals surface area contributed by atoms with E-state index in [1.54, 1.807) is 7.05 Å². The van der Waals surface area contributed by atoms with Crippen molar-refractivity contribution in [2.75, 3.05) is 40.0 Å². The zero-order chi connectivity index (χ0) is 22.0. The van der Waals surface area contributed by atoms with Crippen LogP contribution < -0.4 is 10.6 Å². The summed E-state index contributed by atoms with van der Waals surface area (Å²) in [5.74, 6) is 0.758. The molecule has 0 saturated carbocycles. The Bertz CT molecular complexity index is 738. The topological polar surface area (TPSA) is 64.1 Å². The second-order valence-electron chi connectivity index (χ2n) is 7.23. The number of nitrogens with zero attached hydrogens (tertiary/aromatic N) is 1. The molecule has 0 unspecified atom stereocenters. The van der Waals surface area contributed by atoms with Gasteiger partial charge in [0.25, 0.3) is 0 Å².